The fraction of sp³-hybridized carbons (Fsp3) is 0.400. The molecule has 4 nitrogen and oxygen atoms in total. The third kappa shape index (κ3) is 3.05. The molecule has 0 aliphatic rings. The molecule has 4 heteroatoms. The maximum atomic E-state index is 10.6. The van der Waals surface area contributed by atoms with Crippen molar-refractivity contribution >= 4 is 5.97 Å². The van der Waals surface area contributed by atoms with Crippen LogP contribution in [0.15, 0.2) is 18.2 Å². The van der Waals surface area contributed by atoms with Gasteiger partial charge in [0.15, 0.2) is 5.69 Å². The van der Waals surface area contributed by atoms with E-state index in [9.17, 15) is 4.79 Å². The number of nitrogens with zero attached hydrogens (tertiary/aromatic N) is 1. The van der Waals surface area contributed by atoms with Gasteiger partial charge in [-0.15, -0.1) is 0 Å². The van der Waals surface area contributed by atoms with E-state index in [1.807, 2.05) is 0 Å². The normalized spacial score (nSPS) is 9.79. The number of ether oxygens (including phenoxy) is 1. The molecule has 0 fully saturated rings. The van der Waals surface area contributed by atoms with Crippen molar-refractivity contribution in [3.05, 3.63) is 23.9 Å². The van der Waals surface area contributed by atoms with Crippen LogP contribution < -0.4 is 4.74 Å². The van der Waals surface area contributed by atoms with Crippen molar-refractivity contribution < 1.29 is 14.6 Å². The van der Waals surface area contributed by atoms with Gasteiger partial charge in [-0.2, -0.15) is 0 Å². The molecular formula is C10H13NO3. The van der Waals surface area contributed by atoms with Gasteiger partial charge in [0, 0.05) is 6.07 Å². The number of carboxylic acids is 1. The molecule has 1 aromatic rings. The largest absolute Gasteiger partial charge is 0.478 e. The molecule has 1 heterocycles. The molecule has 14 heavy (non-hydrogen) atoms. The minimum absolute atomic E-state index is 0.0130. The lowest BCUT2D eigenvalue weighted by atomic mass is 10.3. The maximum absolute atomic E-state index is 10.6. The molecule has 1 N–H and O–H groups in total. The summed E-state index contributed by atoms with van der Waals surface area (Å²) in [6.07, 6.45) is 1.98. The van der Waals surface area contributed by atoms with Crippen LogP contribution in [0.4, 0.5) is 0 Å². The van der Waals surface area contributed by atoms with Gasteiger partial charge in [-0.05, 0) is 12.5 Å². The second kappa shape index (κ2) is 5.21. The van der Waals surface area contributed by atoms with Crippen LogP contribution in [0.5, 0.6) is 5.88 Å². The summed E-state index contributed by atoms with van der Waals surface area (Å²) in [5.41, 5.74) is 0.0130. The Morgan fingerprint density at radius 2 is 2.36 bits per heavy atom. The van der Waals surface area contributed by atoms with Gasteiger partial charge in [0.25, 0.3) is 0 Å². The summed E-state index contributed by atoms with van der Waals surface area (Å²) in [7, 11) is 0. The summed E-state index contributed by atoms with van der Waals surface area (Å²) in [6.45, 7) is 2.64. The summed E-state index contributed by atoms with van der Waals surface area (Å²) < 4.78 is 5.26. The first-order valence-electron chi connectivity index (χ1n) is 4.57. The lowest BCUT2D eigenvalue weighted by Crippen LogP contribution is -2.03. The minimum Gasteiger partial charge on any atom is -0.478 e. The highest BCUT2D eigenvalue weighted by Crippen LogP contribution is 2.08. The number of aromatic carboxylic acids is 1. The Bertz CT molecular complexity index is 312. The molecule has 0 bridgehead atoms. The molecular weight excluding hydrogens is 182 g/mol. The molecule has 0 aliphatic heterocycles. The van der Waals surface area contributed by atoms with Crippen LogP contribution in [0.3, 0.4) is 0 Å². The summed E-state index contributed by atoms with van der Waals surface area (Å²) in [5, 5.41) is 8.66. The monoisotopic (exact) mass is 195 g/mol. The zero-order valence-electron chi connectivity index (χ0n) is 8.06. The van der Waals surface area contributed by atoms with Gasteiger partial charge in [-0.1, -0.05) is 19.4 Å². The second-order valence-corrected chi connectivity index (χ2v) is 2.87. The number of rotatable bonds is 5. The Morgan fingerprint density at radius 1 is 1.57 bits per heavy atom. The van der Waals surface area contributed by atoms with Crippen molar-refractivity contribution in [1.82, 2.24) is 4.98 Å². The van der Waals surface area contributed by atoms with E-state index in [1.165, 1.54) is 6.07 Å². The predicted molar refractivity (Wildman–Crippen MR) is 51.6 cm³/mol. The van der Waals surface area contributed by atoms with Crippen molar-refractivity contribution in [3.63, 3.8) is 0 Å². The van der Waals surface area contributed by atoms with Crippen LogP contribution >= 0.6 is 0 Å². The first-order valence-corrected chi connectivity index (χ1v) is 4.57. The quantitative estimate of drug-likeness (QED) is 0.729. The lowest BCUT2D eigenvalue weighted by Gasteiger charge is -2.03. The summed E-state index contributed by atoms with van der Waals surface area (Å²) in [4.78, 5) is 14.4. The van der Waals surface area contributed by atoms with Crippen LogP contribution in [0.1, 0.15) is 30.3 Å². The summed E-state index contributed by atoms with van der Waals surface area (Å²) in [5.74, 6) is -0.663. The summed E-state index contributed by atoms with van der Waals surface area (Å²) in [6, 6.07) is 4.72. The Hall–Kier alpha value is -1.58. The fourth-order valence-corrected chi connectivity index (χ4v) is 0.935. The third-order valence-electron chi connectivity index (χ3n) is 1.69. The van der Waals surface area contributed by atoms with E-state index in [-0.39, 0.29) is 5.69 Å². The van der Waals surface area contributed by atoms with Crippen molar-refractivity contribution in [2.24, 2.45) is 0 Å². The number of hydrogen-bond acceptors (Lipinski definition) is 3. The number of carbonyl (C=O) groups is 1. The van der Waals surface area contributed by atoms with Gasteiger partial charge in [0.1, 0.15) is 0 Å². The fourth-order valence-electron chi connectivity index (χ4n) is 0.935. The van der Waals surface area contributed by atoms with Crippen molar-refractivity contribution in [3.8, 4) is 5.88 Å². The first-order chi connectivity index (χ1) is 6.74. The molecule has 0 spiro atoms. The van der Waals surface area contributed by atoms with Gasteiger partial charge >= 0.3 is 5.97 Å². The van der Waals surface area contributed by atoms with Crippen LogP contribution in [0.2, 0.25) is 0 Å². The van der Waals surface area contributed by atoms with Crippen LogP contribution in [0, 0.1) is 0 Å². The molecule has 1 aromatic heterocycles. The van der Waals surface area contributed by atoms with E-state index in [1.54, 1.807) is 12.1 Å². The molecule has 0 aliphatic carbocycles. The molecule has 1 rings (SSSR count). The number of aromatic nitrogens is 1. The average molecular weight is 195 g/mol. The number of carboxylic acid groups (broad SMARTS) is 1. The number of pyridine rings is 1. The third-order valence-corrected chi connectivity index (χ3v) is 1.69. The number of unbranched alkanes of at least 4 members (excludes halogenated alkanes) is 1. The maximum Gasteiger partial charge on any atom is 0.354 e. The van der Waals surface area contributed by atoms with Gasteiger partial charge in [-0.25, -0.2) is 9.78 Å². The van der Waals surface area contributed by atoms with Crippen molar-refractivity contribution in [1.29, 1.82) is 0 Å². The topological polar surface area (TPSA) is 59.4 Å². The first kappa shape index (κ1) is 10.5. The Balaban J connectivity index is 2.59. The van der Waals surface area contributed by atoms with Crippen molar-refractivity contribution in [2.75, 3.05) is 6.61 Å². The minimum atomic E-state index is -1.04. The standard InChI is InChI=1S/C10H13NO3/c1-2-3-7-14-9-6-4-5-8(11-9)10(12)13/h4-6H,2-3,7H2,1H3,(H,12,13). The predicted octanol–water partition coefficient (Wildman–Crippen LogP) is 1.96. The molecule has 0 saturated carbocycles. The van der Waals surface area contributed by atoms with Gasteiger partial charge in [0.2, 0.25) is 5.88 Å². The zero-order valence-corrected chi connectivity index (χ0v) is 8.06. The van der Waals surface area contributed by atoms with Crippen LogP contribution in [-0.2, 0) is 0 Å². The lowest BCUT2D eigenvalue weighted by molar-refractivity contribution is 0.0689. The van der Waals surface area contributed by atoms with Gasteiger partial charge in [-0.3, -0.25) is 0 Å². The summed E-state index contributed by atoms with van der Waals surface area (Å²) >= 11 is 0. The van der Waals surface area contributed by atoms with Gasteiger partial charge in [0.05, 0.1) is 6.61 Å². The Morgan fingerprint density at radius 3 is 3.00 bits per heavy atom. The SMILES string of the molecule is CCCCOc1cccc(C(=O)O)n1. The zero-order chi connectivity index (χ0) is 10.4. The van der Waals surface area contributed by atoms with E-state index in [4.69, 9.17) is 9.84 Å². The van der Waals surface area contributed by atoms with E-state index in [2.05, 4.69) is 11.9 Å². The smallest absolute Gasteiger partial charge is 0.354 e. The van der Waals surface area contributed by atoms with Gasteiger partial charge < -0.3 is 9.84 Å². The second-order valence-electron chi connectivity index (χ2n) is 2.87. The Kier molecular flexibility index (Phi) is 3.91. The van der Waals surface area contributed by atoms with E-state index in [0.717, 1.165) is 12.8 Å². The molecule has 0 atom stereocenters. The molecule has 0 amide bonds. The van der Waals surface area contributed by atoms with E-state index in [0.29, 0.717) is 12.5 Å². The highest BCUT2D eigenvalue weighted by molar-refractivity contribution is 5.85. The van der Waals surface area contributed by atoms with Crippen LogP contribution in [-0.4, -0.2) is 22.7 Å². The molecule has 0 saturated heterocycles. The van der Waals surface area contributed by atoms with Crippen LogP contribution in [0.25, 0.3) is 0 Å². The molecule has 0 unspecified atom stereocenters. The number of hydrogen-bond donors (Lipinski definition) is 1. The highest BCUT2D eigenvalue weighted by Gasteiger charge is 2.04. The molecule has 0 radical (unpaired) electrons. The van der Waals surface area contributed by atoms with Crippen molar-refractivity contribution in [2.45, 2.75) is 19.8 Å². The van der Waals surface area contributed by atoms with E-state index < -0.39 is 5.97 Å². The Labute approximate surface area is 82.5 Å². The molecule has 0 aromatic carbocycles. The average Bonchev–Trinajstić information content (AvgIpc) is 2.19. The highest BCUT2D eigenvalue weighted by atomic mass is 16.5. The molecule has 76 valence electrons. The van der Waals surface area contributed by atoms with E-state index >= 15 is 0 Å².